The molecule has 2 N–H and O–H groups in total. The summed E-state index contributed by atoms with van der Waals surface area (Å²) in [5.41, 5.74) is 7.12. The van der Waals surface area contributed by atoms with Crippen molar-refractivity contribution < 1.29 is 9.72 Å². The summed E-state index contributed by atoms with van der Waals surface area (Å²) in [7, 11) is 0. The number of hydrogen-bond donors (Lipinski definition) is 1. The number of anilines is 2. The number of rotatable bonds is 3. The van der Waals surface area contributed by atoms with Gasteiger partial charge < -0.3 is 5.73 Å². The molecule has 0 saturated heterocycles. The highest BCUT2D eigenvalue weighted by molar-refractivity contribution is 5.99. The van der Waals surface area contributed by atoms with Crippen LogP contribution in [0.25, 0.3) is 0 Å². The summed E-state index contributed by atoms with van der Waals surface area (Å²) >= 11 is 0. The van der Waals surface area contributed by atoms with E-state index in [1.54, 1.807) is 18.2 Å². The molecule has 102 valence electrons. The first-order valence-corrected chi connectivity index (χ1v) is 5.90. The minimum atomic E-state index is -0.695. The van der Waals surface area contributed by atoms with E-state index >= 15 is 0 Å². The number of para-hydroxylation sites is 1. The Balaban J connectivity index is 2.55. The van der Waals surface area contributed by atoms with Crippen molar-refractivity contribution >= 4 is 23.1 Å². The predicted octanol–water partition coefficient (Wildman–Crippen LogP) is 3.12. The third-order valence-corrected chi connectivity index (χ3v) is 2.88. The molecule has 2 amide bonds. The zero-order valence-corrected chi connectivity index (χ0v) is 10.8. The number of urea groups is 1. The number of carbonyl (C=O) groups excluding carboxylic acids is 1. The number of aryl methyl sites for hydroxylation is 1. The monoisotopic (exact) mass is 271 g/mol. The van der Waals surface area contributed by atoms with Crippen LogP contribution in [0.3, 0.4) is 0 Å². The first-order chi connectivity index (χ1) is 9.50. The molecule has 6 nitrogen and oxygen atoms in total. The lowest BCUT2D eigenvalue weighted by atomic mass is 10.1. The third-order valence-electron chi connectivity index (χ3n) is 2.88. The van der Waals surface area contributed by atoms with Crippen molar-refractivity contribution in [2.75, 3.05) is 4.90 Å². The molecule has 2 rings (SSSR count). The number of primary amides is 1. The van der Waals surface area contributed by atoms with E-state index in [0.29, 0.717) is 11.4 Å². The smallest absolute Gasteiger partial charge is 0.323 e. The molecule has 0 saturated carbocycles. The van der Waals surface area contributed by atoms with Crippen molar-refractivity contribution in [2.24, 2.45) is 5.73 Å². The zero-order chi connectivity index (χ0) is 14.7. The molecule has 0 radical (unpaired) electrons. The predicted molar refractivity (Wildman–Crippen MR) is 76.0 cm³/mol. The van der Waals surface area contributed by atoms with Crippen LogP contribution in [-0.2, 0) is 0 Å². The molecule has 2 aromatic carbocycles. The minimum absolute atomic E-state index is 0.0951. The molecule has 0 fully saturated rings. The molecule has 0 aliphatic carbocycles. The summed E-state index contributed by atoms with van der Waals surface area (Å²) in [4.78, 5) is 23.3. The van der Waals surface area contributed by atoms with Gasteiger partial charge in [0.05, 0.1) is 16.3 Å². The fourth-order valence-electron chi connectivity index (χ4n) is 1.95. The van der Waals surface area contributed by atoms with Crippen LogP contribution in [0.2, 0.25) is 0 Å². The van der Waals surface area contributed by atoms with Crippen molar-refractivity contribution in [2.45, 2.75) is 6.92 Å². The normalized spacial score (nSPS) is 10.1. The van der Waals surface area contributed by atoms with Gasteiger partial charge in [-0.15, -0.1) is 0 Å². The Morgan fingerprint density at radius 3 is 2.50 bits per heavy atom. The highest BCUT2D eigenvalue weighted by Crippen LogP contribution is 2.30. The number of amides is 2. The average molecular weight is 271 g/mol. The maximum Gasteiger partial charge on any atom is 0.323 e. The van der Waals surface area contributed by atoms with Gasteiger partial charge in [-0.3, -0.25) is 15.0 Å². The topological polar surface area (TPSA) is 89.5 Å². The van der Waals surface area contributed by atoms with Crippen molar-refractivity contribution in [1.29, 1.82) is 0 Å². The fourth-order valence-corrected chi connectivity index (χ4v) is 1.95. The molecule has 0 atom stereocenters. The molecule has 0 bridgehead atoms. The molecular weight excluding hydrogens is 258 g/mol. The quantitative estimate of drug-likeness (QED) is 0.687. The highest BCUT2D eigenvalue weighted by Gasteiger charge is 2.18. The fraction of sp³-hybridized carbons (Fsp3) is 0.0714. The number of non-ortho nitro benzene ring substituents is 1. The van der Waals surface area contributed by atoms with Crippen molar-refractivity contribution in [3.8, 4) is 0 Å². The van der Waals surface area contributed by atoms with Gasteiger partial charge in [-0.2, -0.15) is 0 Å². The summed E-state index contributed by atoms with van der Waals surface area (Å²) in [5.74, 6) is 0. The van der Waals surface area contributed by atoms with Crippen molar-refractivity contribution in [3.05, 3.63) is 64.2 Å². The first kappa shape index (κ1) is 13.5. The number of nitrogens with two attached hydrogens (primary N) is 1. The van der Waals surface area contributed by atoms with Crippen LogP contribution >= 0.6 is 0 Å². The van der Waals surface area contributed by atoms with Crippen molar-refractivity contribution in [1.82, 2.24) is 0 Å². The average Bonchev–Trinajstić information content (AvgIpc) is 2.41. The highest BCUT2D eigenvalue weighted by atomic mass is 16.6. The molecular formula is C14H13N3O3. The number of carbonyl (C=O) groups is 1. The molecule has 2 aromatic rings. The van der Waals surface area contributed by atoms with Crippen LogP contribution in [0.5, 0.6) is 0 Å². The molecule has 6 heteroatoms. The second kappa shape index (κ2) is 5.40. The molecule has 20 heavy (non-hydrogen) atoms. The summed E-state index contributed by atoms with van der Waals surface area (Å²) in [6.45, 7) is 1.84. The van der Waals surface area contributed by atoms with Crippen LogP contribution < -0.4 is 10.6 Å². The van der Waals surface area contributed by atoms with Crippen LogP contribution in [0.4, 0.5) is 21.9 Å². The number of nitro benzene ring substituents is 1. The number of nitrogens with zero attached hydrogens (tertiary/aromatic N) is 2. The van der Waals surface area contributed by atoms with E-state index in [1.165, 1.54) is 23.1 Å². The van der Waals surface area contributed by atoms with Gasteiger partial charge in [-0.25, -0.2) is 4.79 Å². The maximum absolute atomic E-state index is 11.7. The summed E-state index contributed by atoms with van der Waals surface area (Å²) < 4.78 is 0. The second-order valence-electron chi connectivity index (χ2n) is 4.24. The van der Waals surface area contributed by atoms with Gasteiger partial charge in [0.15, 0.2) is 0 Å². The van der Waals surface area contributed by atoms with Crippen molar-refractivity contribution in [3.63, 3.8) is 0 Å². The van der Waals surface area contributed by atoms with Gasteiger partial charge in [0.2, 0.25) is 0 Å². The maximum atomic E-state index is 11.7. The lowest BCUT2D eigenvalue weighted by Gasteiger charge is -2.22. The Bertz CT molecular complexity index is 670. The van der Waals surface area contributed by atoms with E-state index in [0.717, 1.165) is 5.56 Å². The summed E-state index contributed by atoms with van der Waals surface area (Å²) in [6, 6.07) is 12.3. The molecule has 0 unspecified atom stereocenters. The van der Waals surface area contributed by atoms with Crippen LogP contribution in [0.1, 0.15) is 5.56 Å². The summed E-state index contributed by atoms with van der Waals surface area (Å²) in [6.07, 6.45) is 0. The van der Waals surface area contributed by atoms with Gasteiger partial charge in [0, 0.05) is 12.1 Å². The molecule has 0 spiro atoms. The van der Waals surface area contributed by atoms with E-state index in [1.807, 2.05) is 19.1 Å². The Morgan fingerprint density at radius 1 is 1.20 bits per heavy atom. The number of hydrogen-bond acceptors (Lipinski definition) is 3. The summed E-state index contributed by atoms with van der Waals surface area (Å²) in [5, 5.41) is 10.8. The molecule has 0 aliphatic heterocycles. The lowest BCUT2D eigenvalue weighted by Crippen LogP contribution is -2.31. The molecule has 0 heterocycles. The van der Waals surface area contributed by atoms with E-state index in [2.05, 4.69) is 0 Å². The number of benzene rings is 2. The largest absolute Gasteiger partial charge is 0.351 e. The standard InChI is InChI=1S/C14H13N3O3/c1-10-5-2-3-8-13(10)16(14(15)18)11-6-4-7-12(9-11)17(19)20/h2-9H,1H3,(H2,15,18). The Hall–Kier alpha value is -2.89. The van der Waals surface area contributed by atoms with E-state index in [-0.39, 0.29) is 5.69 Å². The Labute approximate surface area is 115 Å². The first-order valence-electron chi connectivity index (χ1n) is 5.90. The SMILES string of the molecule is Cc1ccccc1N(C(N)=O)c1cccc([N+](=O)[O-])c1. The molecule has 0 aliphatic rings. The van der Waals surface area contributed by atoms with E-state index < -0.39 is 11.0 Å². The van der Waals surface area contributed by atoms with Gasteiger partial charge in [-0.1, -0.05) is 24.3 Å². The second-order valence-corrected chi connectivity index (χ2v) is 4.24. The van der Waals surface area contributed by atoms with Gasteiger partial charge in [0.1, 0.15) is 0 Å². The van der Waals surface area contributed by atoms with Gasteiger partial charge in [0.25, 0.3) is 5.69 Å². The third kappa shape index (κ3) is 2.59. The van der Waals surface area contributed by atoms with Crippen LogP contribution in [-0.4, -0.2) is 11.0 Å². The van der Waals surface area contributed by atoms with E-state index in [9.17, 15) is 14.9 Å². The van der Waals surface area contributed by atoms with Crippen LogP contribution in [0, 0.1) is 17.0 Å². The zero-order valence-electron chi connectivity index (χ0n) is 10.8. The Kier molecular flexibility index (Phi) is 3.65. The minimum Gasteiger partial charge on any atom is -0.351 e. The van der Waals surface area contributed by atoms with Gasteiger partial charge >= 0.3 is 6.03 Å². The van der Waals surface area contributed by atoms with Gasteiger partial charge in [-0.05, 0) is 24.6 Å². The number of nitro groups is 1. The van der Waals surface area contributed by atoms with E-state index in [4.69, 9.17) is 5.73 Å². The molecule has 0 aromatic heterocycles. The Morgan fingerprint density at radius 2 is 1.90 bits per heavy atom. The lowest BCUT2D eigenvalue weighted by molar-refractivity contribution is -0.384. The van der Waals surface area contributed by atoms with Crippen LogP contribution in [0.15, 0.2) is 48.5 Å².